The summed E-state index contributed by atoms with van der Waals surface area (Å²) in [5.74, 6) is -0.497. The summed E-state index contributed by atoms with van der Waals surface area (Å²) in [4.78, 5) is 25.2. The van der Waals surface area contributed by atoms with Crippen molar-refractivity contribution in [2.75, 3.05) is 10.6 Å². The number of carbonyl (C=O) groups is 2. The second-order valence-electron chi connectivity index (χ2n) is 6.34. The van der Waals surface area contributed by atoms with Gasteiger partial charge in [0, 0.05) is 10.2 Å². The predicted molar refractivity (Wildman–Crippen MR) is 99.0 cm³/mol. The van der Waals surface area contributed by atoms with Gasteiger partial charge in [0.2, 0.25) is 11.8 Å². The quantitative estimate of drug-likeness (QED) is 0.763. The summed E-state index contributed by atoms with van der Waals surface area (Å²) >= 11 is 3.45. The van der Waals surface area contributed by atoms with E-state index in [1.165, 1.54) is 0 Å². The molecule has 2 aromatic carbocycles. The van der Waals surface area contributed by atoms with Gasteiger partial charge >= 0.3 is 0 Å². The molecule has 0 heterocycles. The van der Waals surface area contributed by atoms with Gasteiger partial charge < -0.3 is 10.6 Å². The van der Waals surface area contributed by atoms with Gasteiger partial charge in [-0.2, -0.15) is 0 Å². The summed E-state index contributed by atoms with van der Waals surface area (Å²) in [6.07, 6.45) is 1.14. The van der Waals surface area contributed by atoms with Gasteiger partial charge in [0.15, 0.2) is 0 Å². The summed E-state index contributed by atoms with van der Waals surface area (Å²) in [6, 6.07) is 13.2. The topological polar surface area (TPSA) is 58.2 Å². The molecule has 2 amide bonds. The molecule has 3 rings (SSSR count). The Balaban J connectivity index is 1.71. The average Bonchev–Trinajstić information content (AvgIpc) is 3.34. The van der Waals surface area contributed by atoms with Crippen LogP contribution in [-0.2, 0) is 9.59 Å². The Bertz CT molecular complexity index is 796. The van der Waals surface area contributed by atoms with Gasteiger partial charge in [-0.05, 0) is 72.4 Å². The maximum absolute atomic E-state index is 12.6. The van der Waals surface area contributed by atoms with Gasteiger partial charge in [0.05, 0.1) is 5.69 Å². The highest BCUT2D eigenvalue weighted by Crippen LogP contribution is 2.47. The van der Waals surface area contributed by atoms with E-state index in [9.17, 15) is 9.59 Å². The molecule has 0 radical (unpaired) electrons. The fourth-order valence-corrected chi connectivity index (χ4v) is 3.13. The molecule has 124 valence electrons. The van der Waals surface area contributed by atoms with Gasteiger partial charge in [0.25, 0.3) is 0 Å². The lowest BCUT2D eigenvalue weighted by molar-refractivity contribution is -0.131. The summed E-state index contributed by atoms with van der Waals surface area (Å²) in [5.41, 5.74) is 2.64. The standard InChI is InChI=1S/C19H19BrN2O2/c1-12-3-6-14(7-4-12)21-17(23)19(9-10-19)18(24)22-16-8-5-13(2)11-15(16)20/h3-8,11H,9-10H2,1-2H3,(H,21,23)(H,22,24). The first kappa shape index (κ1) is 16.7. The number of halogens is 1. The fraction of sp³-hybridized carbons (Fsp3) is 0.263. The highest BCUT2D eigenvalue weighted by atomic mass is 79.9. The van der Waals surface area contributed by atoms with E-state index in [2.05, 4.69) is 26.6 Å². The SMILES string of the molecule is Cc1ccc(NC(=O)C2(C(=O)Nc3ccc(C)cc3Br)CC2)cc1. The second kappa shape index (κ2) is 6.40. The van der Waals surface area contributed by atoms with E-state index in [0.29, 0.717) is 24.2 Å². The smallest absolute Gasteiger partial charge is 0.240 e. The van der Waals surface area contributed by atoms with E-state index in [1.54, 1.807) is 0 Å². The number of nitrogens with one attached hydrogen (secondary N) is 2. The van der Waals surface area contributed by atoms with Crippen molar-refractivity contribution in [3.05, 3.63) is 58.1 Å². The summed E-state index contributed by atoms with van der Waals surface area (Å²) in [6.45, 7) is 3.97. The minimum atomic E-state index is -0.963. The zero-order valence-corrected chi connectivity index (χ0v) is 15.2. The van der Waals surface area contributed by atoms with Crippen molar-refractivity contribution in [2.24, 2.45) is 5.41 Å². The van der Waals surface area contributed by atoms with E-state index in [1.807, 2.05) is 56.3 Å². The Labute approximate surface area is 149 Å². The third-order valence-electron chi connectivity index (χ3n) is 4.30. The molecule has 4 nitrogen and oxygen atoms in total. The predicted octanol–water partition coefficient (Wildman–Crippen LogP) is 4.42. The molecule has 1 aliphatic carbocycles. The van der Waals surface area contributed by atoms with Crippen LogP contribution in [0.5, 0.6) is 0 Å². The number of hydrogen-bond donors (Lipinski definition) is 2. The Morgan fingerprint density at radius 3 is 2.08 bits per heavy atom. The van der Waals surface area contributed by atoms with Crippen LogP contribution in [0.15, 0.2) is 46.9 Å². The molecular formula is C19H19BrN2O2. The molecule has 2 N–H and O–H groups in total. The molecule has 0 unspecified atom stereocenters. The van der Waals surface area contributed by atoms with Crippen molar-refractivity contribution in [1.29, 1.82) is 0 Å². The fourth-order valence-electron chi connectivity index (χ4n) is 2.53. The lowest BCUT2D eigenvalue weighted by Crippen LogP contribution is -2.35. The van der Waals surface area contributed by atoms with E-state index in [4.69, 9.17) is 0 Å². The number of amides is 2. The Kier molecular flexibility index (Phi) is 4.45. The molecule has 1 aliphatic rings. The van der Waals surface area contributed by atoms with E-state index in [0.717, 1.165) is 15.6 Å². The van der Waals surface area contributed by atoms with Crippen molar-refractivity contribution in [3.8, 4) is 0 Å². The van der Waals surface area contributed by atoms with Crippen LogP contribution in [0, 0.1) is 19.3 Å². The Hall–Kier alpha value is -2.14. The molecule has 0 atom stereocenters. The Morgan fingerprint density at radius 2 is 1.50 bits per heavy atom. The van der Waals surface area contributed by atoms with Crippen LogP contribution in [-0.4, -0.2) is 11.8 Å². The van der Waals surface area contributed by atoms with Crippen molar-refractivity contribution >= 4 is 39.1 Å². The number of hydrogen-bond acceptors (Lipinski definition) is 2. The zero-order valence-electron chi connectivity index (χ0n) is 13.7. The van der Waals surface area contributed by atoms with Gasteiger partial charge in [-0.15, -0.1) is 0 Å². The molecule has 0 spiro atoms. The van der Waals surface area contributed by atoms with Crippen LogP contribution in [0.25, 0.3) is 0 Å². The largest absolute Gasteiger partial charge is 0.325 e. The van der Waals surface area contributed by atoms with Crippen LogP contribution in [0.1, 0.15) is 24.0 Å². The molecule has 0 saturated heterocycles. The van der Waals surface area contributed by atoms with Crippen LogP contribution in [0.2, 0.25) is 0 Å². The third-order valence-corrected chi connectivity index (χ3v) is 4.96. The lowest BCUT2D eigenvalue weighted by atomic mass is 10.0. The number of aryl methyl sites for hydroxylation is 2. The zero-order chi connectivity index (χ0) is 17.3. The highest BCUT2D eigenvalue weighted by molar-refractivity contribution is 9.10. The molecule has 24 heavy (non-hydrogen) atoms. The van der Waals surface area contributed by atoms with E-state index < -0.39 is 5.41 Å². The molecule has 1 fully saturated rings. The van der Waals surface area contributed by atoms with Crippen molar-refractivity contribution in [3.63, 3.8) is 0 Å². The highest BCUT2D eigenvalue weighted by Gasteiger charge is 2.56. The second-order valence-corrected chi connectivity index (χ2v) is 7.19. The summed E-state index contributed by atoms with van der Waals surface area (Å²) < 4.78 is 0.811. The van der Waals surface area contributed by atoms with Gasteiger partial charge in [-0.1, -0.05) is 23.8 Å². The molecule has 2 aromatic rings. The first-order valence-electron chi connectivity index (χ1n) is 7.86. The minimum absolute atomic E-state index is 0.243. The van der Waals surface area contributed by atoms with E-state index in [-0.39, 0.29) is 11.8 Å². The summed E-state index contributed by atoms with van der Waals surface area (Å²) in [7, 11) is 0. The monoisotopic (exact) mass is 386 g/mol. The number of carbonyl (C=O) groups excluding carboxylic acids is 2. The third kappa shape index (κ3) is 3.36. The van der Waals surface area contributed by atoms with Crippen molar-refractivity contribution in [1.82, 2.24) is 0 Å². The van der Waals surface area contributed by atoms with Crippen LogP contribution in [0.3, 0.4) is 0 Å². The minimum Gasteiger partial charge on any atom is -0.325 e. The van der Waals surface area contributed by atoms with Gasteiger partial charge in [0.1, 0.15) is 5.41 Å². The van der Waals surface area contributed by atoms with Crippen LogP contribution < -0.4 is 10.6 Å². The maximum atomic E-state index is 12.6. The van der Waals surface area contributed by atoms with Crippen molar-refractivity contribution in [2.45, 2.75) is 26.7 Å². The molecular weight excluding hydrogens is 368 g/mol. The van der Waals surface area contributed by atoms with E-state index >= 15 is 0 Å². The normalized spacial score (nSPS) is 14.8. The Morgan fingerprint density at radius 1 is 0.917 bits per heavy atom. The van der Waals surface area contributed by atoms with Crippen LogP contribution >= 0.6 is 15.9 Å². The number of benzene rings is 2. The van der Waals surface area contributed by atoms with Crippen molar-refractivity contribution < 1.29 is 9.59 Å². The first-order chi connectivity index (χ1) is 11.4. The molecule has 0 aliphatic heterocycles. The maximum Gasteiger partial charge on any atom is 0.240 e. The molecule has 5 heteroatoms. The average molecular weight is 387 g/mol. The van der Waals surface area contributed by atoms with Crippen LogP contribution in [0.4, 0.5) is 11.4 Å². The van der Waals surface area contributed by atoms with Gasteiger partial charge in [-0.3, -0.25) is 9.59 Å². The lowest BCUT2D eigenvalue weighted by Gasteiger charge is -2.16. The number of rotatable bonds is 4. The molecule has 0 aromatic heterocycles. The number of anilines is 2. The van der Waals surface area contributed by atoms with Gasteiger partial charge in [-0.25, -0.2) is 0 Å². The summed E-state index contributed by atoms with van der Waals surface area (Å²) in [5, 5.41) is 5.72. The first-order valence-corrected chi connectivity index (χ1v) is 8.66. The molecule has 1 saturated carbocycles. The molecule has 0 bridgehead atoms.